The molecule has 0 heterocycles. The van der Waals surface area contributed by atoms with Crippen LogP contribution < -0.4 is 5.32 Å². The van der Waals surface area contributed by atoms with Crippen molar-refractivity contribution in [1.82, 2.24) is 5.32 Å². The second-order valence-electron chi connectivity index (χ2n) is 8.26. The Kier molecular flexibility index (Phi) is 13.2. The van der Waals surface area contributed by atoms with E-state index in [0.29, 0.717) is 6.42 Å². The van der Waals surface area contributed by atoms with Crippen LogP contribution in [-0.2, 0) is 9.59 Å². The summed E-state index contributed by atoms with van der Waals surface area (Å²) >= 11 is 0. The largest absolute Gasteiger partial charge is 0.480 e. The predicted octanol–water partition coefficient (Wildman–Crippen LogP) is 4.67. The van der Waals surface area contributed by atoms with Gasteiger partial charge >= 0.3 is 5.97 Å². The van der Waals surface area contributed by atoms with Gasteiger partial charge in [0, 0.05) is 6.42 Å². The highest BCUT2D eigenvalue weighted by molar-refractivity contribution is 5.83. The number of carboxylic acid groups (broad SMARTS) is 1. The quantitative estimate of drug-likeness (QED) is 0.300. The molecule has 1 saturated carbocycles. The van der Waals surface area contributed by atoms with Crippen LogP contribution in [0.3, 0.4) is 0 Å². The van der Waals surface area contributed by atoms with Gasteiger partial charge in [-0.3, -0.25) is 4.79 Å². The summed E-state index contributed by atoms with van der Waals surface area (Å²) in [6, 6.07) is -1.18. The van der Waals surface area contributed by atoms with Crippen LogP contribution in [0.15, 0.2) is 0 Å². The highest BCUT2D eigenvalue weighted by Crippen LogP contribution is 2.45. The van der Waals surface area contributed by atoms with Gasteiger partial charge in [0.1, 0.15) is 6.04 Å². The number of aliphatic carboxylic acids is 1. The molecular weight excluding hydrogens is 342 g/mol. The van der Waals surface area contributed by atoms with Crippen molar-refractivity contribution in [2.24, 2.45) is 11.8 Å². The molecule has 3 atom stereocenters. The van der Waals surface area contributed by atoms with E-state index in [9.17, 15) is 9.59 Å². The Bertz CT molecular complexity index is 413. The topological polar surface area (TPSA) is 86.6 Å². The maximum Gasteiger partial charge on any atom is 0.328 e. The summed E-state index contributed by atoms with van der Waals surface area (Å²) in [6.07, 6.45) is 18.5. The van der Waals surface area contributed by atoms with Gasteiger partial charge in [0.2, 0.25) is 5.91 Å². The van der Waals surface area contributed by atoms with E-state index < -0.39 is 18.6 Å². The van der Waals surface area contributed by atoms with Gasteiger partial charge in [-0.25, -0.2) is 4.79 Å². The van der Waals surface area contributed by atoms with Crippen molar-refractivity contribution in [1.29, 1.82) is 0 Å². The van der Waals surface area contributed by atoms with E-state index in [0.717, 1.165) is 31.1 Å². The van der Waals surface area contributed by atoms with E-state index in [4.69, 9.17) is 10.2 Å². The molecule has 3 N–H and O–H groups in total. The molecule has 27 heavy (non-hydrogen) atoms. The summed E-state index contributed by atoms with van der Waals surface area (Å²) < 4.78 is 0. The molecule has 5 heteroatoms. The number of aliphatic hydroxyl groups is 1. The van der Waals surface area contributed by atoms with Crippen LogP contribution in [0.4, 0.5) is 0 Å². The lowest BCUT2D eigenvalue weighted by molar-refractivity contribution is -0.142. The fraction of sp³-hybridized carbons (Fsp3) is 0.909. The average Bonchev–Trinajstić information content (AvgIpc) is 3.39. The molecule has 0 aromatic heterocycles. The molecule has 1 amide bonds. The minimum Gasteiger partial charge on any atom is -0.480 e. The van der Waals surface area contributed by atoms with Crippen LogP contribution >= 0.6 is 0 Å². The number of carboxylic acids is 1. The summed E-state index contributed by atoms with van der Waals surface area (Å²) in [5, 5.41) is 20.0. The Morgan fingerprint density at radius 2 is 1.41 bits per heavy atom. The first-order valence-electron chi connectivity index (χ1n) is 11.2. The van der Waals surface area contributed by atoms with Gasteiger partial charge < -0.3 is 15.5 Å². The predicted molar refractivity (Wildman–Crippen MR) is 109 cm³/mol. The molecule has 158 valence electrons. The lowest BCUT2D eigenvalue weighted by Gasteiger charge is -2.11. The molecule has 0 bridgehead atoms. The number of hydrogen-bond donors (Lipinski definition) is 3. The first-order valence-corrected chi connectivity index (χ1v) is 11.2. The molecule has 0 aromatic rings. The van der Waals surface area contributed by atoms with Crippen molar-refractivity contribution in [3.63, 3.8) is 0 Å². The third-order valence-corrected chi connectivity index (χ3v) is 5.79. The van der Waals surface area contributed by atoms with Gasteiger partial charge in [-0.2, -0.15) is 0 Å². The summed E-state index contributed by atoms with van der Waals surface area (Å²) in [5.41, 5.74) is 0. The highest BCUT2D eigenvalue weighted by Gasteiger charge is 2.34. The fourth-order valence-corrected chi connectivity index (χ4v) is 3.88. The van der Waals surface area contributed by atoms with Gasteiger partial charge in [-0.15, -0.1) is 0 Å². The Morgan fingerprint density at radius 1 is 0.889 bits per heavy atom. The summed E-state index contributed by atoms with van der Waals surface area (Å²) in [5.74, 6) is 0.513. The number of amides is 1. The molecule has 1 aliphatic rings. The van der Waals surface area contributed by atoms with Crippen LogP contribution in [0.25, 0.3) is 0 Å². The van der Waals surface area contributed by atoms with Crippen LogP contribution in [0.2, 0.25) is 0 Å². The maximum atomic E-state index is 11.6. The molecule has 1 fully saturated rings. The highest BCUT2D eigenvalue weighted by atomic mass is 16.4. The number of rotatable bonds is 18. The van der Waals surface area contributed by atoms with Gasteiger partial charge in [0.15, 0.2) is 0 Å². The third-order valence-electron chi connectivity index (χ3n) is 5.79. The van der Waals surface area contributed by atoms with Crippen molar-refractivity contribution in [2.45, 2.75) is 109 Å². The zero-order valence-electron chi connectivity index (χ0n) is 17.3. The van der Waals surface area contributed by atoms with E-state index in [1.165, 1.54) is 70.6 Å². The second-order valence-corrected chi connectivity index (χ2v) is 8.26. The molecule has 0 radical (unpaired) electrons. The molecule has 5 nitrogen and oxygen atoms in total. The van der Waals surface area contributed by atoms with Crippen molar-refractivity contribution in [2.75, 3.05) is 6.61 Å². The number of nitrogens with one attached hydrogen (secondary N) is 1. The minimum atomic E-state index is -1.19. The second kappa shape index (κ2) is 14.9. The number of unbranched alkanes of at least 4 members (excludes halogenated alkanes) is 9. The Hall–Kier alpha value is -1.10. The molecule has 0 aromatic carbocycles. The van der Waals surface area contributed by atoms with Gasteiger partial charge in [-0.1, -0.05) is 84.0 Å². The summed E-state index contributed by atoms with van der Waals surface area (Å²) in [7, 11) is 0. The standard InChI is InChI=1S/C22H41NO4/c1-2-3-4-5-7-10-13-18-16-19(18)14-11-8-6-9-12-15-21(25)23-20(17-24)22(26)27/h18-20,24H,2-17H2,1H3,(H,23,25)(H,26,27)/t18?,19?,20-/m0/s1. The SMILES string of the molecule is CCCCCCCCC1CC1CCCCCCCC(=O)N[C@@H](CO)C(=O)O. The lowest BCUT2D eigenvalue weighted by atomic mass is 10.0. The average molecular weight is 384 g/mol. The zero-order chi connectivity index (χ0) is 19.9. The van der Waals surface area contributed by atoms with Crippen molar-refractivity contribution in [3.8, 4) is 0 Å². The fourth-order valence-electron chi connectivity index (χ4n) is 3.88. The van der Waals surface area contributed by atoms with Gasteiger partial charge in [0.05, 0.1) is 6.61 Å². The minimum absolute atomic E-state index is 0.285. The first kappa shape index (κ1) is 23.9. The molecular formula is C22H41NO4. The Labute approximate surface area is 165 Å². The first-order chi connectivity index (χ1) is 13.1. The normalized spacial score (nSPS) is 19.6. The molecule has 2 unspecified atom stereocenters. The number of aliphatic hydroxyl groups excluding tert-OH is 1. The van der Waals surface area contributed by atoms with Crippen LogP contribution in [0.5, 0.6) is 0 Å². The Balaban J connectivity index is 1.86. The van der Waals surface area contributed by atoms with E-state index in [1.54, 1.807) is 0 Å². The van der Waals surface area contributed by atoms with Crippen LogP contribution in [-0.4, -0.2) is 34.7 Å². The monoisotopic (exact) mass is 383 g/mol. The number of carbonyl (C=O) groups is 2. The number of hydrogen-bond acceptors (Lipinski definition) is 3. The van der Waals surface area contributed by atoms with E-state index in [1.807, 2.05) is 0 Å². The maximum absolute atomic E-state index is 11.6. The molecule has 0 spiro atoms. The summed E-state index contributed by atoms with van der Waals surface area (Å²) in [6.45, 7) is 1.70. The van der Waals surface area contributed by atoms with E-state index in [2.05, 4.69) is 12.2 Å². The van der Waals surface area contributed by atoms with Crippen LogP contribution in [0.1, 0.15) is 103 Å². The molecule has 1 rings (SSSR count). The van der Waals surface area contributed by atoms with Crippen LogP contribution in [0, 0.1) is 11.8 Å². The van der Waals surface area contributed by atoms with Crippen molar-refractivity contribution < 1.29 is 19.8 Å². The number of carbonyl (C=O) groups excluding carboxylic acids is 1. The molecule has 0 aliphatic heterocycles. The van der Waals surface area contributed by atoms with Gasteiger partial charge in [0.25, 0.3) is 0 Å². The smallest absolute Gasteiger partial charge is 0.328 e. The third kappa shape index (κ3) is 12.1. The van der Waals surface area contributed by atoms with Gasteiger partial charge in [-0.05, 0) is 24.7 Å². The van der Waals surface area contributed by atoms with E-state index in [-0.39, 0.29) is 5.91 Å². The zero-order valence-corrected chi connectivity index (χ0v) is 17.3. The lowest BCUT2D eigenvalue weighted by Crippen LogP contribution is -2.43. The van der Waals surface area contributed by atoms with E-state index >= 15 is 0 Å². The Morgan fingerprint density at radius 3 is 1.93 bits per heavy atom. The summed E-state index contributed by atoms with van der Waals surface area (Å²) in [4.78, 5) is 22.3. The molecule has 1 aliphatic carbocycles. The van der Waals surface area contributed by atoms with Crippen molar-refractivity contribution in [3.05, 3.63) is 0 Å². The van der Waals surface area contributed by atoms with Crippen molar-refractivity contribution >= 4 is 11.9 Å². The molecule has 0 saturated heterocycles.